The second-order valence-corrected chi connectivity index (χ2v) is 8.83. The van der Waals surface area contributed by atoms with Gasteiger partial charge in [-0.3, -0.25) is 4.72 Å². The highest BCUT2D eigenvalue weighted by molar-refractivity contribution is 9.11. The van der Waals surface area contributed by atoms with Gasteiger partial charge in [0.05, 0.1) is 10.4 Å². The number of nitrogens with one attached hydrogen (secondary N) is 1. The van der Waals surface area contributed by atoms with Crippen molar-refractivity contribution in [2.24, 2.45) is 0 Å². The maximum atomic E-state index is 12.3. The highest BCUT2D eigenvalue weighted by Gasteiger charge is 2.20. The van der Waals surface area contributed by atoms with Gasteiger partial charge in [0.1, 0.15) is 4.90 Å². The fourth-order valence-electron chi connectivity index (χ4n) is 1.53. The van der Waals surface area contributed by atoms with Crippen LogP contribution in [0.5, 0.6) is 0 Å². The van der Waals surface area contributed by atoms with Crippen LogP contribution in [0.3, 0.4) is 0 Å². The highest BCUT2D eigenvalue weighted by atomic mass is 79.9. The van der Waals surface area contributed by atoms with Gasteiger partial charge in [0.25, 0.3) is 10.0 Å². The molecule has 1 heterocycles. The van der Waals surface area contributed by atoms with Crippen LogP contribution in [-0.2, 0) is 16.6 Å². The van der Waals surface area contributed by atoms with Crippen LogP contribution in [0, 0.1) is 0 Å². The Morgan fingerprint density at radius 1 is 1.35 bits per heavy atom. The zero-order chi connectivity index (χ0) is 14.8. The molecule has 0 unspecified atom stereocenters. The van der Waals surface area contributed by atoms with Crippen molar-refractivity contribution in [2.75, 3.05) is 11.0 Å². The van der Waals surface area contributed by atoms with E-state index in [0.717, 1.165) is 4.90 Å². The van der Waals surface area contributed by atoms with E-state index in [-0.39, 0.29) is 11.5 Å². The lowest BCUT2D eigenvalue weighted by molar-refractivity contribution is 0.285. The molecule has 0 radical (unpaired) electrons. The third-order valence-corrected chi connectivity index (χ3v) is 6.86. The molecule has 1 aromatic heterocycles. The molecule has 4 nitrogen and oxygen atoms in total. The summed E-state index contributed by atoms with van der Waals surface area (Å²) in [5.74, 6) is 0. The number of aliphatic hydroxyl groups is 1. The SMILES string of the molecule is CSc1ccc(NS(=O)(=O)c2cc(CO)sc2Br)cc1. The summed E-state index contributed by atoms with van der Waals surface area (Å²) in [5, 5.41) is 9.06. The van der Waals surface area contributed by atoms with Crippen molar-refractivity contribution < 1.29 is 13.5 Å². The van der Waals surface area contributed by atoms with Gasteiger partial charge in [-0.2, -0.15) is 0 Å². The molecule has 0 fully saturated rings. The lowest BCUT2D eigenvalue weighted by atomic mass is 10.3. The van der Waals surface area contributed by atoms with E-state index in [1.807, 2.05) is 18.4 Å². The molecule has 108 valence electrons. The lowest BCUT2D eigenvalue weighted by Gasteiger charge is -2.07. The van der Waals surface area contributed by atoms with Gasteiger partial charge in [-0.25, -0.2) is 8.42 Å². The minimum atomic E-state index is -3.66. The molecule has 0 atom stereocenters. The Morgan fingerprint density at radius 3 is 2.50 bits per heavy atom. The molecule has 0 saturated carbocycles. The van der Waals surface area contributed by atoms with Gasteiger partial charge >= 0.3 is 0 Å². The molecule has 1 aromatic carbocycles. The predicted octanol–water partition coefficient (Wildman–Crippen LogP) is 3.53. The first-order valence-electron chi connectivity index (χ1n) is 5.52. The van der Waals surface area contributed by atoms with Gasteiger partial charge in [-0.05, 0) is 52.5 Å². The maximum absolute atomic E-state index is 12.3. The Bertz CT molecular complexity index is 695. The number of halogens is 1. The van der Waals surface area contributed by atoms with Crippen molar-refractivity contribution in [1.82, 2.24) is 0 Å². The van der Waals surface area contributed by atoms with Crippen LogP contribution < -0.4 is 4.72 Å². The van der Waals surface area contributed by atoms with Crippen molar-refractivity contribution >= 4 is 54.7 Å². The Labute approximate surface area is 134 Å². The van der Waals surface area contributed by atoms with Crippen LogP contribution in [0.4, 0.5) is 5.69 Å². The molecular weight excluding hydrogens is 382 g/mol. The number of anilines is 1. The third kappa shape index (κ3) is 3.56. The monoisotopic (exact) mass is 393 g/mol. The minimum absolute atomic E-state index is 0.139. The first-order chi connectivity index (χ1) is 9.46. The molecule has 20 heavy (non-hydrogen) atoms. The van der Waals surface area contributed by atoms with E-state index in [1.165, 1.54) is 17.4 Å². The molecule has 0 aliphatic rings. The topological polar surface area (TPSA) is 66.4 Å². The molecule has 0 aliphatic carbocycles. The standard InChI is InChI=1S/C12H12BrNO3S3/c1-18-9-4-2-8(3-5-9)14-20(16,17)11-6-10(7-15)19-12(11)13/h2-6,14-15H,7H2,1H3. The Kier molecular flexibility index (Phi) is 5.14. The molecule has 0 aliphatic heterocycles. The normalized spacial score (nSPS) is 11.6. The summed E-state index contributed by atoms with van der Waals surface area (Å²) in [7, 11) is -3.66. The molecule has 0 amide bonds. The molecule has 2 N–H and O–H groups in total. The zero-order valence-electron chi connectivity index (χ0n) is 10.5. The van der Waals surface area contributed by atoms with E-state index in [4.69, 9.17) is 5.11 Å². The van der Waals surface area contributed by atoms with E-state index in [1.54, 1.807) is 23.9 Å². The first kappa shape index (κ1) is 15.8. The molecule has 2 rings (SSSR count). The average Bonchev–Trinajstić information content (AvgIpc) is 2.81. The molecule has 0 bridgehead atoms. The zero-order valence-corrected chi connectivity index (χ0v) is 14.5. The molecule has 0 saturated heterocycles. The summed E-state index contributed by atoms with van der Waals surface area (Å²) in [4.78, 5) is 1.79. The second kappa shape index (κ2) is 6.48. The fourth-order valence-corrected chi connectivity index (χ4v) is 5.54. The van der Waals surface area contributed by atoms with Crippen molar-refractivity contribution in [3.63, 3.8) is 0 Å². The average molecular weight is 394 g/mol. The fraction of sp³-hybridized carbons (Fsp3) is 0.167. The number of sulfonamides is 1. The number of hydrogen-bond acceptors (Lipinski definition) is 5. The molecule has 8 heteroatoms. The number of hydrogen-bond donors (Lipinski definition) is 2. The van der Waals surface area contributed by atoms with Gasteiger partial charge in [-0.1, -0.05) is 0 Å². The van der Waals surface area contributed by atoms with E-state index in [0.29, 0.717) is 14.4 Å². The van der Waals surface area contributed by atoms with E-state index < -0.39 is 10.0 Å². The van der Waals surface area contributed by atoms with Crippen molar-refractivity contribution in [3.05, 3.63) is 39.0 Å². The van der Waals surface area contributed by atoms with Gasteiger partial charge in [0.15, 0.2) is 0 Å². The van der Waals surface area contributed by atoms with Crippen LogP contribution in [0.15, 0.2) is 43.9 Å². The summed E-state index contributed by atoms with van der Waals surface area (Å²) >= 11 is 6.01. The first-order valence-corrected chi connectivity index (χ1v) is 9.84. The van der Waals surface area contributed by atoms with Crippen molar-refractivity contribution in [2.45, 2.75) is 16.4 Å². The van der Waals surface area contributed by atoms with Crippen LogP contribution in [0.1, 0.15) is 4.88 Å². The van der Waals surface area contributed by atoms with E-state index >= 15 is 0 Å². The summed E-state index contributed by atoms with van der Waals surface area (Å²) in [6, 6.07) is 8.61. The van der Waals surface area contributed by atoms with Crippen LogP contribution in [-0.4, -0.2) is 19.8 Å². The van der Waals surface area contributed by atoms with Gasteiger partial charge in [0, 0.05) is 15.5 Å². The Hall–Kier alpha value is -0.540. The predicted molar refractivity (Wildman–Crippen MR) is 87.0 cm³/mol. The Morgan fingerprint density at radius 2 is 2.00 bits per heavy atom. The van der Waals surface area contributed by atoms with Crippen LogP contribution in [0.2, 0.25) is 0 Å². The quantitative estimate of drug-likeness (QED) is 0.762. The van der Waals surface area contributed by atoms with E-state index in [9.17, 15) is 8.42 Å². The van der Waals surface area contributed by atoms with Crippen molar-refractivity contribution in [1.29, 1.82) is 0 Å². The number of thiophene rings is 1. The summed E-state index contributed by atoms with van der Waals surface area (Å²) in [6.45, 7) is -0.179. The molecule has 2 aromatic rings. The van der Waals surface area contributed by atoms with Gasteiger partial charge in [0.2, 0.25) is 0 Å². The third-order valence-electron chi connectivity index (χ3n) is 2.49. The largest absolute Gasteiger partial charge is 0.391 e. The number of thioether (sulfide) groups is 1. The van der Waals surface area contributed by atoms with Crippen LogP contribution in [0.25, 0.3) is 0 Å². The van der Waals surface area contributed by atoms with Gasteiger partial charge in [-0.15, -0.1) is 23.1 Å². The summed E-state index contributed by atoms with van der Waals surface area (Å²) < 4.78 is 27.6. The second-order valence-electron chi connectivity index (χ2n) is 3.84. The number of aliphatic hydroxyl groups excluding tert-OH is 1. The Balaban J connectivity index is 2.27. The summed E-state index contributed by atoms with van der Waals surface area (Å²) in [6.07, 6.45) is 1.96. The number of rotatable bonds is 5. The molecular formula is C12H12BrNO3S3. The highest BCUT2D eigenvalue weighted by Crippen LogP contribution is 2.33. The summed E-state index contributed by atoms with van der Waals surface area (Å²) in [5.41, 5.74) is 0.506. The maximum Gasteiger partial charge on any atom is 0.263 e. The number of benzene rings is 1. The van der Waals surface area contributed by atoms with Crippen LogP contribution >= 0.6 is 39.0 Å². The smallest absolute Gasteiger partial charge is 0.263 e. The lowest BCUT2D eigenvalue weighted by Crippen LogP contribution is -2.12. The van der Waals surface area contributed by atoms with Gasteiger partial charge < -0.3 is 5.11 Å². The van der Waals surface area contributed by atoms with Crippen molar-refractivity contribution in [3.8, 4) is 0 Å². The van der Waals surface area contributed by atoms with E-state index in [2.05, 4.69) is 20.7 Å². The molecule has 0 spiro atoms. The minimum Gasteiger partial charge on any atom is -0.391 e.